The first kappa shape index (κ1) is 19.1. The maximum absolute atomic E-state index is 12.8. The summed E-state index contributed by atoms with van der Waals surface area (Å²) in [6, 6.07) is -0.259. The molecule has 2 fully saturated rings. The smallest absolute Gasteiger partial charge is 0.229 e. The van der Waals surface area contributed by atoms with Crippen LogP contribution in [0.15, 0.2) is 9.72 Å². The van der Waals surface area contributed by atoms with E-state index in [1.54, 1.807) is 28.0 Å². The molecule has 0 saturated carbocycles. The van der Waals surface area contributed by atoms with Crippen LogP contribution in [0, 0.1) is 0 Å². The lowest BCUT2D eigenvalue weighted by Crippen LogP contribution is -2.60. The third-order valence-electron chi connectivity index (χ3n) is 4.75. The van der Waals surface area contributed by atoms with E-state index in [0.29, 0.717) is 6.54 Å². The molecule has 3 heterocycles. The van der Waals surface area contributed by atoms with Crippen molar-refractivity contribution in [1.82, 2.24) is 14.8 Å². The van der Waals surface area contributed by atoms with E-state index in [1.165, 1.54) is 0 Å². The van der Waals surface area contributed by atoms with Crippen molar-refractivity contribution in [1.29, 1.82) is 0 Å². The first-order chi connectivity index (χ1) is 11.9. The SMILES string of the molecule is CCCN1CCN(C(=O)Cc2csc(SCC)n2)[C@H]2CS(=O)(=O)C[C@H]21. The van der Waals surface area contributed by atoms with Crippen LogP contribution in [0.3, 0.4) is 0 Å². The maximum Gasteiger partial charge on any atom is 0.229 e. The van der Waals surface area contributed by atoms with Crippen molar-refractivity contribution in [3.05, 3.63) is 11.1 Å². The molecule has 0 spiro atoms. The van der Waals surface area contributed by atoms with Gasteiger partial charge in [0.2, 0.25) is 5.91 Å². The number of hydrogen-bond acceptors (Lipinski definition) is 7. The molecular weight excluding hydrogens is 378 g/mol. The summed E-state index contributed by atoms with van der Waals surface area (Å²) in [4.78, 5) is 21.4. The van der Waals surface area contributed by atoms with E-state index >= 15 is 0 Å². The quantitative estimate of drug-likeness (QED) is 0.671. The summed E-state index contributed by atoms with van der Waals surface area (Å²) in [6.07, 6.45) is 1.26. The number of hydrogen-bond donors (Lipinski definition) is 0. The minimum atomic E-state index is -3.08. The number of fused-ring (bicyclic) bond motifs is 1. The Morgan fingerprint density at radius 1 is 1.32 bits per heavy atom. The molecule has 0 aromatic carbocycles. The zero-order valence-corrected chi connectivity index (χ0v) is 17.1. The van der Waals surface area contributed by atoms with Crippen LogP contribution in [0.1, 0.15) is 26.0 Å². The van der Waals surface area contributed by atoms with Gasteiger partial charge in [0, 0.05) is 24.5 Å². The van der Waals surface area contributed by atoms with Crippen molar-refractivity contribution in [3.8, 4) is 0 Å². The van der Waals surface area contributed by atoms with Gasteiger partial charge in [-0.25, -0.2) is 13.4 Å². The zero-order chi connectivity index (χ0) is 18.0. The van der Waals surface area contributed by atoms with E-state index in [0.717, 1.165) is 35.3 Å². The van der Waals surface area contributed by atoms with Gasteiger partial charge in [0.15, 0.2) is 9.84 Å². The Hall–Kier alpha value is -0.640. The van der Waals surface area contributed by atoms with Crippen molar-refractivity contribution < 1.29 is 13.2 Å². The number of rotatable bonds is 6. The molecule has 6 nitrogen and oxygen atoms in total. The lowest BCUT2D eigenvalue weighted by atomic mass is 10.0. The number of thiazole rings is 1. The summed E-state index contributed by atoms with van der Waals surface area (Å²) in [5.74, 6) is 1.23. The third-order valence-corrected chi connectivity index (χ3v) is 8.40. The van der Waals surface area contributed by atoms with Gasteiger partial charge in [-0.1, -0.05) is 25.6 Å². The standard InChI is InChI=1S/C16H25N3O3S3/c1-3-5-18-6-7-19(14-11-25(21,22)10-13(14)18)15(20)8-12-9-24-16(17-12)23-4-2/h9,13-14H,3-8,10-11H2,1-2H3/t13-,14+/m1/s1. The Bertz CT molecular complexity index is 719. The van der Waals surface area contributed by atoms with Crippen LogP contribution >= 0.6 is 23.1 Å². The van der Waals surface area contributed by atoms with Crippen LogP contribution in [0.25, 0.3) is 0 Å². The molecule has 0 bridgehead atoms. The van der Waals surface area contributed by atoms with E-state index in [1.807, 2.05) is 5.38 Å². The number of thioether (sulfide) groups is 1. The van der Waals surface area contributed by atoms with Crippen LogP contribution in [0.5, 0.6) is 0 Å². The number of nitrogens with zero attached hydrogens (tertiary/aromatic N) is 3. The fourth-order valence-corrected chi connectivity index (χ4v) is 7.47. The zero-order valence-electron chi connectivity index (χ0n) is 14.7. The average molecular weight is 404 g/mol. The van der Waals surface area contributed by atoms with Crippen molar-refractivity contribution in [2.75, 3.05) is 36.9 Å². The van der Waals surface area contributed by atoms with Crippen LogP contribution < -0.4 is 0 Å². The van der Waals surface area contributed by atoms with Gasteiger partial charge in [-0.3, -0.25) is 9.69 Å². The molecule has 25 heavy (non-hydrogen) atoms. The van der Waals surface area contributed by atoms with Gasteiger partial charge in [0.05, 0.1) is 29.7 Å². The third kappa shape index (κ3) is 4.37. The van der Waals surface area contributed by atoms with Crippen LogP contribution in [-0.4, -0.2) is 78.1 Å². The summed E-state index contributed by atoms with van der Waals surface area (Å²) < 4.78 is 25.3. The highest BCUT2D eigenvalue weighted by Crippen LogP contribution is 2.28. The van der Waals surface area contributed by atoms with Gasteiger partial charge in [-0.05, 0) is 18.7 Å². The molecule has 2 saturated heterocycles. The van der Waals surface area contributed by atoms with Crippen molar-refractivity contribution in [2.45, 2.75) is 43.1 Å². The molecular formula is C16H25N3O3S3. The van der Waals surface area contributed by atoms with Gasteiger partial charge >= 0.3 is 0 Å². The first-order valence-electron chi connectivity index (χ1n) is 8.74. The van der Waals surface area contributed by atoms with Crippen molar-refractivity contribution >= 4 is 38.8 Å². The number of carbonyl (C=O) groups is 1. The minimum absolute atomic E-state index is 0.00148. The Morgan fingerprint density at radius 2 is 2.08 bits per heavy atom. The summed E-state index contributed by atoms with van der Waals surface area (Å²) in [5.41, 5.74) is 0.791. The Morgan fingerprint density at radius 3 is 2.80 bits per heavy atom. The molecule has 0 unspecified atom stereocenters. The lowest BCUT2D eigenvalue weighted by molar-refractivity contribution is -0.136. The molecule has 3 rings (SSSR count). The second-order valence-electron chi connectivity index (χ2n) is 6.55. The van der Waals surface area contributed by atoms with E-state index in [2.05, 4.69) is 23.7 Å². The van der Waals surface area contributed by atoms with Crippen LogP contribution in [0.2, 0.25) is 0 Å². The number of sulfone groups is 1. The monoisotopic (exact) mass is 403 g/mol. The highest BCUT2D eigenvalue weighted by atomic mass is 32.2. The Kier molecular flexibility index (Phi) is 6.07. The van der Waals surface area contributed by atoms with Crippen LogP contribution in [0.4, 0.5) is 0 Å². The Labute approximate surface area is 157 Å². The summed E-state index contributed by atoms with van der Waals surface area (Å²) in [5, 5.41) is 1.94. The molecule has 0 radical (unpaired) electrons. The maximum atomic E-state index is 12.8. The molecule has 1 aromatic heterocycles. The number of amides is 1. The molecule has 0 aliphatic carbocycles. The largest absolute Gasteiger partial charge is 0.335 e. The highest BCUT2D eigenvalue weighted by Gasteiger charge is 2.47. The van der Waals surface area contributed by atoms with Gasteiger partial charge < -0.3 is 4.90 Å². The van der Waals surface area contributed by atoms with E-state index in [-0.39, 0.29) is 35.9 Å². The average Bonchev–Trinajstić information content (AvgIpc) is 3.11. The van der Waals surface area contributed by atoms with Crippen molar-refractivity contribution in [3.63, 3.8) is 0 Å². The normalized spacial score (nSPS) is 25.9. The molecule has 140 valence electrons. The topological polar surface area (TPSA) is 70.6 Å². The highest BCUT2D eigenvalue weighted by molar-refractivity contribution is 8.00. The predicted octanol–water partition coefficient (Wildman–Crippen LogP) is 1.52. The molecule has 2 atom stereocenters. The predicted molar refractivity (Wildman–Crippen MR) is 102 cm³/mol. The van der Waals surface area contributed by atoms with E-state index in [4.69, 9.17) is 0 Å². The fourth-order valence-electron chi connectivity index (χ4n) is 3.72. The van der Waals surface area contributed by atoms with Crippen molar-refractivity contribution in [2.24, 2.45) is 0 Å². The van der Waals surface area contributed by atoms with E-state index in [9.17, 15) is 13.2 Å². The van der Waals surface area contributed by atoms with Crippen LogP contribution in [-0.2, 0) is 21.1 Å². The first-order valence-corrected chi connectivity index (χ1v) is 12.4. The second kappa shape index (κ2) is 7.94. The molecule has 1 amide bonds. The molecule has 1 aromatic rings. The van der Waals surface area contributed by atoms with Gasteiger partial charge in [0.25, 0.3) is 0 Å². The summed E-state index contributed by atoms with van der Waals surface area (Å²) in [6.45, 7) is 6.43. The van der Waals surface area contributed by atoms with Gasteiger partial charge in [-0.2, -0.15) is 0 Å². The van der Waals surface area contributed by atoms with Gasteiger partial charge in [-0.15, -0.1) is 11.3 Å². The Balaban J connectivity index is 1.71. The number of carbonyl (C=O) groups excluding carboxylic acids is 1. The van der Waals surface area contributed by atoms with E-state index < -0.39 is 9.84 Å². The molecule has 0 N–H and O–H groups in total. The molecule has 9 heteroatoms. The molecule has 2 aliphatic rings. The summed E-state index contributed by atoms with van der Waals surface area (Å²) in [7, 11) is -3.08. The number of aromatic nitrogens is 1. The lowest BCUT2D eigenvalue weighted by Gasteiger charge is -2.43. The van der Waals surface area contributed by atoms with Gasteiger partial charge in [0.1, 0.15) is 4.34 Å². The second-order valence-corrected chi connectivity index (χ2v) is 11.1. The molecule has 2 aliphatic heterocycles. The number of piperazine rings is 1. The fraction of sp³-hybridized carbons (Fsp3) is 0.750. The summed E-state index contributed by atoms with van der Waals surface area (Å²) >= 11 is 3.24. The minimum Gasteiger partial charge on any atom is -0.335 e.